The number of likely N-dealkylation sites (tertiary alicyclic amines) is 1. The maximum Gasteiger partial charge on any atom is 0.135 e. The van der Waals surface area contributed by atoms with Crippen LogP contribution in [-0.4, -0.2) is 34.2 Å². The van der Waals surface area contributed by atoms with E-state index in [2.05, 4.69) is 9.88 Å². The Hall–Kier alpha value is -0.350. The minimum Gasteiger partial charge on any atom is -0.390 e. The van der Waals surface area contributed by atoms with Crippen LogP contribution in [0.15, 0.2) is 12.1 Å². The summed E-state index contributed by atoms with van der Waals surface area (Å²) in [5, 5.41) is 9.95. The zero-order valence-electron chi connectivity index (χ0n) is 7.45. The van der Waals surface area contributed by atoms with Gasteiger partial charge < -0.3 is 5.11 Å². The van der Waals surface area contributed by atoms with E-state index in [4.69, 9.17) is 28.3 Å². The average Bonchev–Trinajstić information content (AvgIpc) is 2.06. The molecule has 0 unspecified atom stereocenters. The predicted octanol–water partition coefficient (Wildman–Crippen LogP) is 1.56. The normalized spacial score (nSPS) is 18.2. The molecule has 1 aliphatic rings. The van der Waals surface area contributed by atoms with Gasteiger partial charge in [0.1, 0.15) is 10.3 Å². The number of aliphatic hydroxyl groups excluding tert-OH is 1. The molecule has 1 aromatic heterocycles. The smallest absolute Gasteiger partial charge is 0.135 e. The fourth-order valence-corrected chi connectivity index (χ4v) is 1.88. The molecule has 0 aliphatic carbocycles. The van der Waals surface area contributed by atoms with Crippen molar-refractivity contribution in [3.8, 4) is 0 Å². The van der Waals surface area contributed by atoms with E-state index in [1.54, 1.807) is 6.07 Å². The van der Waals surface area contributed by atoms with Crippen LogP contribution >= 0.6 is 23.2 Å². The molecule has 1 aromatic rings. The molecular weight excluding hydrogens is 223 g/mol. The third-order valence-corrected chi connectivity index (χ3v) is 2.76. The molecule has 0 atom stereocenters. The van der Waals surface area contributed by atoms with Crippen LogP contribution in [0.5, 0.6) is 0 Å². The molecule has 0 bridgehead atoms. The fourth-order valence-electron chi connectivity index (χ4n) is 1.47. The second-order valence-corrected chi connectivity index (χ2v) is 4.18. The van der Waals surface area contributed by atoms with Gasteiger partial charge in [-0.2, -0.15) is 0 Å². The van der Waals surface area contributed by atoms with Crippen LogP contribution in [0.25, 0.3) is 0 Å². The maximum absolute atomic E-state index is 9.10. The zero-order valence-corrected chi connectivity index (χ0v) is 8.96. The Morgan fingerprint density at radius 3 is 2.71 bits per heavy atom. The molecule has 0 radical (unpaired) electrons. The first-order valence-electron chi connectivity index (χ1n) is 4.36. The molecule has 0 aromatic carbocycles. The largest absolute Gasteiger partial charge is 0.390 e. The maximum atomic E-state index is 9.10. The summed E-state index contributed by atoms with van der Waals surface area (Å²) in [6, 6.07) is 3.58. The summed E-state index contributed by atoms with van der Waals surface area (Å²) in [4.78, 5) is 6.04. The standard InChI is InChI=1S/C9H10Cl2N2O/c10-8-2-1-6(9(11)12-8)3-13-4-7(14)5-13/h1-2,7,14H,3-5H2. The van der Waals surface area contributed by atoms with E-state index >= 15 is 0 Å². The molecule has 0 amide bonds. The zero-order chi connectivity index (χ0) is 10.1. The third kappa shape index (κ3) is 2.17. The van der Waals surface area contributed by atoms with Gasteiger partial charge in [0.05, 0.1) is 6.10 Å². The first-order chi connectivity index (χ1) is 6.65. The van der Waals surface area contributed by atoms with Crippen molar-refractivity contribution in [1.29, 1.82) is 0 Å². The average molecular weight is 233 g/mol. The van der Waals surface area contributed by atoms with Crippen molar-refractivity contribution in [3.05, 3.63) is 28.0 Å². The van der Waals surface area contributed by atoms with Crippen LogP contribution in [0, 0.1) is 0 Å². The van der Waals surface area contributed by atoms with E-state index in [1.165, 1.54) is 0 Å². The van der Waals surface area contributed by atoms with E-state index in [1.807, 2.05) is 6.07 Å². The van der Waals surface area contributed by atoms with Crippen LogP contribution in [-0.2, 0) is 6.54 Å². The molecule has 1 aliphatic heterocycles. The Morgan fingerprint density at radius 1 is 1.43 bits per heavy atom. The lowest BCUT2D eigenvalue weighted by Crippen LogP contribution is -2.49. The van der Waals surface area contributed by atoms with Gasteiger partial charge in [0.25, 0.3) is 0 Å². The number of hydrogen-bond donors (Lipinski definition) is 1. The topological polar surface area (TPSA) is 36.4 Å². The number of hydrogen-bond acceptors (Lipinski definition) is 3. The van der Waals surface area contributed by atoms with E-state index < -0.39 is 0 Å². The molecule has 1 N–H and O–H groups in total. The first-order valence-corrected chi connectivity index (χ1v) is 5.12. The Balaban J connectivity index is 2.02. The molecule has 76 valence electrons. The minimum absolute atomic E-state index is 0.186. The van der Waals surface area contributed by atoms with Gasteiger partial charge in [0.15, 0.2) is 0 Å². The van der Waals surface area contributed by atoms with Gasteiger partial charge in [0.2, 0.25) is 0 Å². The summed E-state index contributed by atoms with van der Waals surface area (Å²) >= 11 is 11.6. The van der Waals surface area contributed by atoms with Gasteiger partial charge >= 0.3 is 0 Å². The highest BCUT2D eigenvalue weighted by Gasteiger charge is 2.24. The number of aromatic nitrogens is 1. The quantitative estimate of drug-likeness (QED) is 0.787. The highest BCUT2D eigenvalue weighted by Crippen LogP contribution is 2.20. The molecule has 14 heavy (non-hydrogen) atoms. The van der Waals surface area contributed by atoms with Crippen molar-refractivity contribution < 1.29 is 5.11 Å². The van der Waals surface area contributed by atoms with E-state index in [0.29, 0.717) is 23.4 Å². The summed E-state index contributed by atoms with van der Waals surface area (Å²) in [5.41, 5.74) is 0.947. The van der Waals surface area contributed by atoms with Crippen LogP contribution in [0.4, 0.5) is 0 Å². The van der Waals surface area contributed by atoms with Gasteiger partial charge in [0, 0.05) is 25.2 Å². The van der Waals surface area contributed by atoms with Gasteiger partial charge in [-0.3, -0.25) is 4.90 Å². The predicted molar refractivity (Wildman–Crippen MR) is 55.5 cm³/mol. The van der Waals surface area contributed by atoms with Crippen molar-refractivity contribution in [2.24, 2.45) is 0 Å². The number of β-amino-alcohol motifs (C(OH)–C–C–N with tert-alkyl or cyclic N) is 1. The lowest BCUT2D eigenvalue weighted by Gasteiger charge is -2.35. The van der Waals surface area contributed by atoms with Crippen molar-refractivity contribution in [1.82, 2.24) is 9.88 Å². The van der Waals surface area contributed by atoms with Gasteiger partial charge in [-0.15, -0.1) is 0 Å². The van der Waals surface area contributed by atoms with Gasteiger partial charge in [-0.1, -0.05) is 29.3 Å². The molecular formula is C9H10Cl2N2O. The summed E-state index contributed by atoms with van der Waals surface area (Å²) in [6.45, 7) is 2.14. The van der Waals surface area contributed by atoms with Crippen LogP contribution < -0.4 is 0 Å². The minimum atomic E-state index is -0.186. The monoisotopic (exact) mass is 232 g/mol. The fraction of sp³-hybridized carbons (Fsp3) is 0.444. The third-order valence-electron chi connectivity index (χ3n) is 2.22. The molecule has 0 saturated carbocycles. The summed E-state index contributed by atoms with van der Waals surface area (Å²) in [7, 11) is 0. The summed E-state index contributed by atoms with van der Waals surface area (Å²) in [5.74, 6) is 0. The Morgan fingerprint density at radius 2 is 2.14 bits per heavy atom. The summed E-state index contributed by atoms with van der Waals surface area (Å²) < 4.78 is 0. The SMILES string of the molecule is OC1CN(Cc2ccc(Cl)nc2Cl)C1. The highest BCUT2D eigenvalue weighted by molar-refractivity contribution is 6.32. The number of pyridine rings is 1. The van der Waals surface area contributed by atoms with Crippen molar-refractivity contribution in [2.75, 3.05) is 13.1 Å². The molecule has 2 rings (SSSR count). The van der Waals surface area contributed by atoms with Crippen LogP contribution in [0.2, 0.25) is 10.3 Å². The lowest BCUT2D eigenvalue weighted by atomic mass is 10.1. The molecule has 1 saturated heterocycles. The lowest BCUT2D eigenvalue weighted by molar-refractivity contribution is -0.00290. The van der Waals surface area contributed by atoms with E-state index in [-0.39, 0.29) is 6.10 Å². The highest BCUT2D eigenvalue weighted by atomic mass is 35.5. The van der Waals surface area contributed by atoms with Crippen molar-refractivity contribution >= 4 is 23.2 Å². The van der Waals surface area contributed by atoms with Crippen molar-refractivity contribution in [2.45, 2.75) is 12.6 Å². The van der Waals surface area contributed by atoms with Gasteiger partial charge in [-0.25, -0.2) is 4.98 Å². The molecule has 5 heteroatoms. The second kappa shape index (κ2) is 4.03. The van der Waals surface area contributed by atoms with Crippen LogP contribution in [0.1, 0.15) is 5.56 Å². The Labute approximate surface area is 92.3 Å². The molecule has 1 fully saturated rings. The molecule has 3 nitrogen and oxygen atoms in total. The Kier molecular flexibility index (Phi) is 2.93. The van der Waals surface area contributed by atoms with Crippen LogP contribution in [0.3, 0.4) is 0 Å². The van der Waals surface area contributed by atoms with E-state index in [0.717, 1.165) is 12.1 Å². The van der Waals surface area contributed by atoms with E-state index in [9.17, 15) is 0 Å². The number of rotatable bonds is 2. The first kappa shape index (κ1) is 10.2. The number of nitrogens with zero attached hydrogens (tertiary/aromatic N) is 2. The summed E-state index contributed by atoms with van der Waals surface area (Å²) in [6.07, 6.45) is -0.186. The van der Waals surface area contributed by atoms with Gasteiger partial charge in [-0.05, 0) is 6.07 Å². The molecule has 2 heterocycles. The number of halogens is 2. The molecule has 0 spiro atoms. The van der Waals surface area contributed by atoms with Crippen molar-refractivity contribution in [3.63, 3.8) is 0 Å². The second-order valence-electron chi connectivity index (χ2n) is 3.43. The number of aliphatic hydroxyl groups is 1. The Bertz CT molecular complexity index is 340.